The molecule has 0 aliphatic carbocycles. The maximum atomic E-state index is 11.9. The summed E-state index contributed by atoms with van der Waals surface area (Å²) in [5.74, 6) is 0. The Hall–Kier alpha value is -2.05. The lowest BCUT2D eigenvalue weighted by Crippen LogP contribution is -2.11. The van der Waals surface area contributed by atoms with Gasteiger partial charge in [-0.25, -0.2) is 8.78 Å². The van der Waals surface area contributed by atoms with Crippen molar-refractivity contribution in [3.8, 4) is 0 Å². The van der Waals surface area contributed by atoms with Crippen molar-refractivity contribution in [3.05, 3.63) is 33.9 Å². The first-order valence-electron chi connectivity index (χ1n) is 4.30. The molecule has 0 heterocycles. The molecule has 1 N–H and O–H groups in total. The highest BCUT2D eigenvalue weighted by atomic mass is 19.3. The smallest absolute Gasteiger partial charge is 0.293 e. The minimum Gasteiger partial charge on any atom is -0.374 e. The van der Waals surface area contributed by atoms with E-state index >= 15 is 0 Å². The molecule has 0 aliphatic heterocycles. The molecule has 1 aromatic rings. The summed E-state index contributed by atoms with van der Waals surface area (Å²) >= 11 is 0. The molecule has 16 heavy (non-hydrogen) atoms. The van der Waals surface area contributed by atoms with Gasteiger partial charge < -0.3 is 5.32 Å². The number of alkyl halides is 2. The molecule has 7 heteroatoms. The van der Waals surface area contributed by atoms with Crippen LogP contribution in [0.2, 0.25) is 0 Å². The fourth-order valence-electron chi connectivity index (χ4n) is 1.11. The van der Waals surface area contributed by atoms with Crippen molar-refractivity contribution in [2.24, 2.45) is 0 Å². The predicted molar refractivity (Wildman–Crippen MR) is 53.0 cm³/mol. The molecule has 0 saturated carbocycles. The second kappa shape index (κ2) is 5.15. The number of benzene rings is 1. The number of anilines is 1. The van der Waals surface area contributed by atoms with Gasteiger partial charge in [0.1, 0.15) is 12.0 Å². The maximum absolute atomic E-state index is 11.9. The summed E-state index contributed by atoms with van der Waals surface area (Å²) in [5, 5.41) is 12.8. The molecule has 0 amide bonds. The van der Waals surface area contributed by atoms with Crippen molar-refractivity contribution in [2.45, 2.75) is 6.43 Å². The lowest BCUT2D eigenvalue weighted by atomic mass is 10.2. The van der Waals surface area contributed by atoms with Gasteiger partial charge in [0, 0.05) is 11.6 Å². The largest absolute Gasteiger partial charge is 0.374 e. The average molecular weight is 230 g/mol. The fourth-order valence-corrected chi connectivity index (χ4v) is 1.11. The SMILES string of the molecule is O=Cc1ccc(NCC(F)F)c([N+](=O)[O-])c1. The summed E-state index contributed by atoms with van der Waals surface area (Å²) in [6.45, 7) is -0.679. The second-order valence-electron chi connectivity index (χ2n) is 2.92. The highest BCUT2D eigenvalue weighted by Crippen LogP contribution is 2.25. The Labute approximate surface area is 89.2 Å². The molecule has 5 nitrogen and oxygen atoms in total. The molecule has 0 aromatic heterocycles. The van der Waals surface area contributed by atoms with Crippen LogP contribution in [0.1, 0.15) is 10.4 Å². The number of nitro groups is 1. The van der Waals surface area contributed by atoms with Gasteiger partial charge >= 0.3 is 0 Å². The molecule has 0 atom stereocenters. The van der Waals surface area contributed by atoms with Crippen molar-refractivity contribution in [2.75, 3.05) is 11.9 Å². The highest BCUT2D eigenvalue weighted by Gasteiger charge is 2.15. The van der Waals surface area contributed by atoms with Crippen molar-refractivity contribution >= 4 is 17.7 Å². The van der Waals surface area contributed by atoms with Crippen LogP contribution >= 0.6 is 0 Å². The lowest BCUT2D eigenvalue weighted by molar-refractivity contribution is -0.384. The number of hydrogen-bond acceptors (Lipinski definition) is 4. The Morgan fingerprint density at radius 1 is 1.50 bits per heavy atom. The summed E-state index contributed by atoms with van der Waals surface area (Å²) in [6.07, 6.45) is -2.16. The molecule has 86 valence electrons. The van der Waals surface area contributed by atoms with Crippen LogP contribution in [0.3, 0.4) is 0 Å². The average Bonchev–Trinajstić information content (AvgIpc) is 2.25. The zero-order valence-electron chi connectivity index (χ0n) is 8.02. The first-order chi connectivity index (χ1) is 7.54. The Bertz CT molecular complexity index is 410. The molecule has 0 saturated heterocycles. The summed E-state index contributed by atoms with van der Waals surface area (Å²) in [4.78, 5) is 20.3. The number of aldehydes is 1. The summed E-state index contributed by atoms with van der Waals surface area (Å²) < 4.78 is 23.8. The Morgan fingerprint density at radius 3 is 2.69 bits per heavy atom. The zero-order valence-corrected chi connectivity index (χ0v) is 8.02. The molecule has 0 bridgehead atoms. The predicted octanol–water partition coefficient (Wildman–Crippen LogP) is 2.08. The van der Waals surface area contributed by atoms with Gasteiger partial charge in [0.15, 0.2) is 0 Å². The van der Waals surface area contributed by atoms with E-state index in [1.807, 2.05) is 0 Å². The van der Waals surface area contributed by atoms with Gasteiger partial charge in [-0.05, 0) is 12.1 Å². The van der Waals surface area contributed by atoms with E-state index in [0.29, 0.717) is 6.29 Å². The number of carbonyl (C=O) groups is 1. The number of carbonyl (C=O) groups excluding carboxylic acids is 1. The topological polar surface area (TPSA) is 72.2 Å². The molecule has 0 aliphatic rings. The number of hydrogen-bond donors (Lipinski definition) is 1. The van der Waals surface area contributed by atoms with Gasteiger partial charge in [0.2, 0.25) is 0 Å². The number of rotatable bonds is 5. The molecular weight excluding hydrogens is 222 g/mol. The van der Waals surface area contributed by atoms with Crippen LogP contribution < -0.4 is 5.32 Å². The minimum absolute atomic E-state index is 0.0316. The maximum Gasteiger partial charge on any atom is 0.293 e. The van der Waals surface area contributed by atoms with E-state index in [9.17, 15) is 23.7 Å². The Kier molecular flexibility index (Phi) is 3.87. The zero-order chi connectivity index (χ0) is 12.1. The number of nitro benzene ring substituents is 1. The first kappa shape index (κ1) is 12.0. The van der Waals surface area contributed by atoms with E-state index in [2.05, 4.69) is 5.32 Å². The van der Waals surface area contributed by atoms with Gasteiger partial charge in [-0.3, -0.25) is 14.9 Å². The normalized spacial score (nSPS) is 10.2. The van der Waals surface area contributed by atoms with E-state index in [0.717, 1.165) is 6.07 Å². The third-order valence-corrected chi connectivity index (χ3v) is 1.80. The molecular formula is C9H8F2N2O3. The van der Waals surface area contributed by atoms with Crippen molar-refractivity contribution < 1.29 is 18.5 Å². The monoisotopic (exact) mass is 230 g/mol. The van der Waals surface area contributed by atoms with Gasteiger partial charge in [-0.1, -0.05) is 0 Å². The van der Waals surface area contributed by atoms with Crippen LogP contribution in [-0.2, 0) is 0 Å². The van der Waals surface area contributed by atoms with Crippen molar-refractivity contribution in [1.82, 2.24) is 0 Å². The van der Waals surface area contributed by atoms with Crippen molar-refractivity contribution in [1.29, 1.82) is 0 Å². The number of nitrogens with zero attached hydrogens (tertiary/aromatic N) is 1. The van der Waals surface area contributed by atoms with E-state index in [-0.39, 0.29) is 11.3 Å². The second-order valence-corrected chi connectivity index (χ2v) is 2.92. The van der Waals surface area contributed by atoms with Crippen LogP contribution in [0, 0.1) is 10.1 Å². The Morgan fingerprint density at radius 2 is 2.19 bits per heavy atom. The van der Waals surface area contributed by atoms with Gasteiger partial charge in [-0.15, -0.1) is 0 Å². The summed E-state index contributed by atoms with van der Waals surface area (Å²) in [6, 6.07) is 3.57. The van der Waals surface area contributed by atoms with Crippen LogP contribution in [0.4, 0.5) is 20.2 Å². The Balaban J connectivity index is 2.98. The van der Waals surface area contributed by atoms with Gasteiger partial charge in [0.05, 0.1) is 11.5 Å². The molecule has 0 radical (unpaired) electrons. The first-order valence-corrected chi connectivity index (χ1v) is 4.30. The van der Waals surface area contributed by atoms with E-state index in [4.69, 9.17) is 0 Å². The highest BCUT2D eigenvalue weighted by molar-refractivity contribution is 5.79. The molecule has 1 rings (SSSR count). The third-order valence-electron chi connectivity index (χ3n) is 1.80. The van der Waals surface area contributed by atoms with Crippen molar-refractivity contribution in [3.63, 3.8) is 0 Å². The molecule has 1 aromatic carbocycles. The van der Waals surface area contributed by atoms with Crippen LogP contribution in [0.5, 0.6) is 0 Å². The molecule has 0 unspecified atom stereocenters. The minimum atomic E-state index is -2.61. The number of nitrogens with one attached hydrogen (secondary N) is 1. The third kappa shape index (κ3) is 2.97. The van der Waals surface area contributed by atoms with E-state index in [1.165, 1.54) is 12.1 Å². The van der Waals surface area contributed by atoms with E-state index in [1.54, 1.807) is 0 Å². The van der Waals surface area contributed by atoms with Gasteiger partial charge in [-0.2, -0.15) is 0 Å². The molecule has 0 spiro atoms. The summed E-state index contributed by atoms with van der Waals surface area (Å²) in [7, 11) is 0. The quantitative estimate of drug-likeness (QED) is 0.477. The van der Waals surface area contributed by atoms with Crippen LogP contribution in [0.25, 0.3) is 0 Å². The standard InChI is InChI=1S/C9H8F2N2O3/c10-9(11)4-12-7-2-1-6(5-14)3-8(7)13(15)16/h1-3,5,9,12H,4H2. The van der Waals surface area contributed by atoms with Gasteiger partial charge in [0.25, 0.3) is 12.1 Å². The van der Waals surface area contributed by atoms with Crippen LogP contribution in [0.15, 0.2) is 18.2 Å². The molecule has 0 fully saturated rings. The fraction of sp³-hybridized carbons (Fsp3) is 0.222. The van der Waals surface area contributed by atoms with E-state index < -0.39 is 23.6 Å². The lowest BCUT2D eigenvalue weighted by Gasteiger charge is -2.06. The summed E-state index contributed by atoms with van der Waals surface area (Å²) in [5.41, 5.74) is -0.310. The number of halogens is 2. The van der Waals surface area contributed by atoms with Crippen LogP contribution in [-0.4, -0.2) is 24.2 Å².